The second kappa shape index (κ2) is 5.88. The van der Waals surface area contributed by atoms with Crippen molar-refractivity contribution in [3.05, 3.63) is 58.5 Å². The van der Waals surface area contributed by atoms with E-state index in [9.17, 15) is 5.26 Å². The van der Waals surface area contributed by atoms with Crippen molar-refractivity contribution in [3.63, 3.8) is 0 Å². The minimum absolute atomic E-state index is 0.00190. The summed E-state index contributed by atoms with van der Waals surface area (Å²) in [5.41, 5.74) is 5.90. The molecule has 0 amide bonds. The molecule has 6 nitrogen and oxygen atoms in total. The van der Waals surface area contributed by atoms with Crippen molar-refractivity contribution >= 4 is 22.5 Å². The molecule has 0 bridgehead atoms. The fraction of sp³-hybridized carbons (Fsp3) is 0.250. The number of nitrogens with zero attached hydrogens (tertiary/aromatic N) is 4. The smallest absolute Gasteiger partial charge is 0.157 e. The van der Waals surface area contributed by atoms with Crippen LogP contribution in [0.5, 0.6) is 0 Å². The Morgan fingerprint density at radius 2 is 2.00 bits per heavy atom. The number of aryl methyl sites for hydroxylation is 3. The van der Waals surface area contributed by atoms with E-state index in [0.717, 1.165) is 39.4 Å². The Labute approximate surface area is 151 Å². The first-order chi connectivity index (χ1) is 12.5. The van der Waals surface area contributed by atoms with E-state index < -0.39 is 0 Å². The molecule has 6 heteroatoms. The molecule has 26 heavy (non-hydrogen) atoms. The van der Waals surface area contributed by atoms with Crippen molar-refractivity contribution in [3.8, 4) is 6.07 Å². The average Bonchev–Trinajstić information content (AvgIpc) is 3.15. The standard InChI is InChI=1S/C20H19N5O/c1-11-9-18(22-12(2)19-13(3)24-26-14(19)4)25-17-8-6-5-7-16(17)23-20(25)15(11)10-21/h5-9,12,22H,1-4H3. The number of hydrogen-bond acceptors (Lipinski definition) is 5. The summed E-state index contributed by atoms with van der Waals surface area (Å²) in [6.45, 7) is 7.87. The van der Waals surface area contributed by atoms with Gasteiger partial charge in [0.25, 0.3) is 0 Å². The lowest BCUT2D eigenvalue weighted by Gasteiger charge is -2.18. The Morgan fingerprint density at radius 1 is 1.23 bits per heavy atom. The molecule has 0 spiro atoms. The largest absolute Gasteiger partial charge is 0.364 e. The number of fused-ring (bicyclic) bond motifs is 3. The van der Waals surface area contributed by atoms with Crippen LogP contribution in [0, 0.1) is 32.1 Å². The Morgan fingerprint density at radius 3 is 2.69 bits per heavy atom. The van der Waals surface area contributed by atoms with Gasteiger partial charge < -0.3 is 9.84 Å². The van der Waals surface area contributed by atoms with Gasteiger partial charge in [-0.25, -0.2) is 4.98 Å². The monoisotopic (exact) mass is 345 g/mol. The van der Waals surface area contributed by atoms with Crippen molar-refractivity contribution in [1.82, 2.24) is 14.5 Å². The van der Waals surface area contributed by atoms with Gasteiger partial charge in [0.1, 0.15) is 17.6 Å². The highest BCUT2D eigenvalue weighted by Crippen LogP contribution is 2.30. The number of nitriles is 1. The zero-order valence-corrected chi connectivity index (χ0v) is 15.2. The molecular weight excluding hydrogens is 326 g/mol. The van der Waals surface area contributed by atoms with Gasteiger partial charge in [-0.2, -0.15) is 5.26 Å². The van der Waals surface area contributed by atoms with E-state index in [-0.39, 0.29) is 6.04 Å². The lowest BCUT2D eigenvalue weighted by atomic mass is 10.1. The normalized spacial score (nSPS) is 12.4. The number of benzene rings is 1. The molecule has 4 aromatic rings. The van der Waals surface area contributed by atoms with Crippen LogP contribution in [0.1, 0.15) is 41.1 Å². The summed E-state index contributed by atoms with van der Waals surface area (Å²) >= 11 is 0. The number of aromatic nitrogens is 3. The molecule has 130 valence electrons. The third-order valence-electron chi connectivity index (χ3n) is 4.77. The highest BCUT2D eigenvalue weighted by Gasteiger charge is 2.20. The highest BCUT2D eigenvalue weighted by atomic mass is 16.5. The van der Waals surface area contributed by atoms with Crippen LogP contribution in [0.15, 0.2) is 34.9 Å². The Hall–Kier alpha value is -3.33. The van der Waals surface area contributed by atoms with Crippen molar-refractivity contribution in [2.75, 3.05) is 5.32 Å². The quantitative estimate of drug-likeness (QED) is 0.593. The topological polar surface area (TPSA) is 79.2 Å². The minimum Gasteiger partial charge on any atom is -0.364 e. The molecule has 0 saturated carbocycles. The summed E-state index contributed by atoms with van der Waals surface area (Å²) in [4.78, 5) is 4.68. The van der Waals surface area contributed by atoms with Crippen LogP contribution in [0.25, 0.3) is 16.7 Å². The molecule has 1 N–H and O–H groups in total. The Bertz CT molecular complexity index is 1160. The van der Waals surface area contributed by atoms with E-state index in [1.807, 2.05) is 55.5 Å². The maximum Gasteiger partial charge on any atom is 0.157 e. The predicted octanol–water partition coefficient (Wildman–Crippen LogP) is 4.45. The van der Waals surface area contributed by atoms with E-state index in [0.29, 0.717) is 11.2 Å². The molecule has 3 aromatic heterocycles. The van der Waals surface area contributed by atoms with Crippen molar-refractivity contribution in [1.29, 1.82) is 5.26 Å². The first-order valence-electron chi connectivity index (χ1n) is 8.51. The number of pyridine rings is 1. The van der Waals surface area contributed by atoms with E-state index >= 15 is 0 Å². The molecule has 0 radical (unpaired) electrons. The second-order valence-corrected chi connectivity index (χ2v) is 6.56. The molecule has 0 fully saturated rings. The number of hydrogen-bond donors (Lipinski definition) is 1. The highest BCUT2D eigenvalue weighted by molar-refractivity contribution is 5.85. The molecule has 1 aromatic carbocycles. The van der Waals surface area contributed by atoms with Gasteiger partial charge in [-0.1, -0.05) is 17.3 Å². The maximum absolute atomic E-state index is 9.59. The molecular formula is C20H19N5O. The van der Waals surface area contributed by atoms with Gasteiger partial charge in [-0.15, -0.1) is 0 Å². The van der Waals surface area contributed by atoms with Gasteiger partial charge in [0.05, 0.1) is 28.3 Å². The van der Waals surface area contributed by atoms with Gasteiger partial charge in [0.2, 0.25) is 0 Å². The van der Waals surface area contributed by atoms with E-state index in [2.05, 4.69) is 28.5 Å². The van der Waals surface area contributed by atoms with Gasteiger partial charge >= 0.3 is 0 Å². The van der Waals surface area contributed by atoms with Crippen LogP contribution in [0.2, 0.25) is 0 Å². The Balaban J connectivity index is 1.94. The van der Waals surface area contributed by atoms with Gasteiger partial charge in [-0.05, 0) is 51.5 Å². The van der Waals surface area contributed by atoms with Gasteiger partial charge in [0.15, 0.2) is 5.65 Å². The summed E-state index contributed by atoms with van der Waals surface area (Å²) in [7, 11) is 0. The first kappa shape index (κ1) is 16.2. The third kappa shape index (κ3) is 2.32. The Kier molecular flexibility index (Phi) is 3.66. The van der Waals surface area contributed by atoms with Crippen molar-refractivity contribution < 1.29 is 4.52 Å². The predicted molar refractivity (Wildman–Crippen MR) is 100 cm³/mol. The zero-order chi connectivity index (χ0) is 18.4. The van der Waals surface area contributed by atoms with Gasteiger partial charge in [0, 0.05) is 5.56 Å². The number of para-hydroxylation sites is 2. The maximum atomic E-state index is 9.59. The van der Waals surface area contributed by atoms with Crippen molar-refractivity contribution in [2.45, 2.75) is 33.7 Å². The second-order valence-electron chi connectivity index (χ2n) is 6.56. The third-order valence-corrected chi connectivity index (χ3v) is 4.77. The zero-order valence-electron chi connectivity index (χ0n) is 15.2. The molecule has 1 unspecified atom stereocenters. The van der Waals surface area contributed by atoms with E-state index in [1.54, 1.807) is 0 Å². The summed E-state index contributed by atoms with van der Waals surface area (Å²) in [5, 5.41) is 17.2. The van der Waals surface area contributed by atoms with E-state index in [4.69, 9.17) is 4.52 Å². The SMILES string of the molecule is Cc1cc(NC(C)c2c(C)noc2C)n2c(nc3ccccc32)c1C#N. The number of nitrogens with one attached hydrogen (secondary N) is 1. The lowest BCUT2D eigenvalue weighted by Crippen LogP contribution is -2.12. The van der Waals surface area contributed by atoms with Crippen LogP contribution < -0.4 is 5.32 Å². The van der Waals surface area contributed by atoms with Gasteiger partial charge in [-0.3, -0.25) is 4.40 Å². The van der Waals surface area contributed by atoms with Crippen molar-refractivity contribution in [2.24, 2.45) is 0 Å². The fourth-order valence-corrected chi connectivity index (χ4v) is 3.60. The van der Waals surface area contributed by atoms with Crippen LogP contribution in [0.3, 0.4) is 0 Å². The molecule has 0 saturated heterocycles. The number of anilines is 1. The summed E-state index contributed by atoms with van der Waals surface area (Å²) < 4.78 is 7.31. The molecule has 0 aliphatic carbocycles. The lowest BCUT2D eigenvalue weighted by molar-refractivity contribution is 0.392. The summed E-state index contributed by atoms with van der Waals surface area (Å²) in [5.74, 6) is 1.69. The first-order valence-corrected chi connectivity index (χ1v) is 8.51. The molecule has 0 aliphatic rings. The summed E-state index contributed by atoms with van der Waals surface area (Å²) in [6.07, 6.45) is 0. The summed E-state index contributed by atoms with van der Waals surface area (Å²) in [6, 6.07) is 12.2. The number of rotatable bonds is 3. The molecule has 0 aliphatic heterocycles. The molecule has 1 atom stereocenters. The van der Waals surface area contributed by atoms with E-state index in [1.165, 1.54) is 0 Å². The van der Waals surface area contributed by atoms with Crippen LogP contribution in [0.4, 0.5) is 5.82 Å². The van der Waals surface area contributed by atoms with Crippen LogP contribution >= 0.6 is 0 Å². The number of imidazole rings is 1. The van der Waals surface area contributed by atoms with Crippen LogP contribution in [-0.4, -0.2) is 14.5 Å². The molecule has 3 heterocycles. The average molecular weight is 345 g/mol. The molecule has 4 rings (SSSR count). The fourth-order valence-electron chi connectivity index (χ4n) is 3.60. The minimum atomic E-state index is -0.00190. The van der Waals surface area contributed by atoms with Crippen LogP contribution in [-0.2, 0) is 0 Å².